The van der Waals surface area contributed by atoms with Crippen LogP contribution in [0.2, 0.25) is 5.02 Å². The van der Waals surface area contributed by atoms with Gasteiger partial charge in [0.25, 0.3) is 0 Å². The number of carbonyl (C=O) groups is 2. The van der Waals surface area contributed by atoms with Crippen molar-refractivity contribution in [1.82, 2.24) is 10.6 Å². The number of benzene rings is 1. The normalized spacial score (nSPS) is 11.6. The lowest BCUT2D eigenvalue weighted by Crippen LogP contribution is -2.48. The van der Waals surface area contributed by atoms with Crippen LogP contribution in [-0.4, -0.2) is 31.6 Å². The minimum absolute atomic E-state index is 0.419. The molecule has 0 aromatic heterocycles. The summed E-state index contributed by atoms with van der Waals surface area (Å²) in [6.07, 6.45) is 0. The molecule has 0 spiro atoms. The Kier molecular flexibility index (Phi) is 5.64. The van der Waals surface area contributed by atoms with Crippen LogP contribution < -0.4 is 21.3 Å². The summed E-state index contributed by atoms with van der Waals surface area (Å²) in [5.74, 6) is -0.419. The van der Waals surface area contributed by atoms with E-state index in [1.807, 2.05) is 0 Å². The summed E-state index contributed by atoms with van der Waals surface area (Å²) in [4.78, 5) is 24.9. The SMILES string of the molecule is CCNC(=O)NC(=O)C(C)N(C)c1cc(Cl)ccc1N. The summed E-state index contributed by atoms with van der Waals surface area (Å²) < 4.78 is 0. The maximum absolute atomic E-state index is 12.0. The first-order valence-corrected chi connectivity index (χ1v) is 6.61. The number of nitrogens with one attached hydrogen (secondary N) is 2. The number of rotatable bonds is 4. The second kappa shape index (κ2) is 7.00. The second-order valence-corrected chi connectivity index (χ2v) is 4.78. The number of nitrogens with two attached hydrogens (primary N) is 1. The van der Waals surface area contributed by atoms with E-state index in [4.69, 9.17) is 17.3 Å². The Morgan fingerprint density at radius 2 is 2.10 bits per heavy atom. The molecular weight excluding hydrogens is 280 g/mol. The van der Waals surface area contributed by atoms with Crippen LogP contribution in [0, 0.1) is 0 Å². The lowest BCUT2D eigenvalue weighted by atomic mass is 10.2. The summed E-state index contributed by atoms with van der Waals surface area (Å²) in [6, 6.07) is 3.93. The Morgan fingerprint density at radius 1 is 1.45 bits per heavy atom. The number of imide groups is 1. The molecule has 7 heteroatoms. The van der Waals surface area contributed by atoms with E-state index < -0.39 is 18.0 Å². The molecule has 110 valence electrons. The number of carbonyl (C=O) groups excluding carboxylic acids is 2. The van der Waals surface area contributed by atoms with Gasteiger partial charge in [0, 0.05) is 18.6 Å². The molecule has 1 rings (SSSR count). The van der Waals surface area contributed by atoms with Crippen molar-refractivity contribution in [2.45, 2.75) is 19.9 Å². The number of halogens is 1. The number of nitrogen functional groups attached to an aromatic ring is 1. The number of hydrogen-bond acceptors (Lipinski definition) is 4. The fourth-order valence-electron chi connectivity index (χ4n) is 1.63. The number of likely N-dealkylation sites (N-methyl/N-ethyl adjacent to an activating group) is 1. The van der Waals surface area contributed by atoms with Crippen LogP contribution in [0.3, 0.4) is 0 Å². The molecule has 0 radical (unpaired) electrons. The quantitative estimate of drug-likeness (QED) is 0.737. The number of hydrogen-bond donors (Lipinski definition) is 3. The van der Waals surface area contributed by atoms with Crippen molar-refractivity contribution in [1.29, 1.82) is 0 Å². The first kappa shape index (κ1) is 16.1. The van der Waals surface area contributed by atoms with Gasteiger partial charge in [-0.2, -0.15) is 0 Å². The average molecular weight is 299 g/mol. The fraction of sp³-hybridized carbons (Fsp3) is 0.385. The van der Waals surface area contributed by atoms with Gasteiger partial charge in [-0.15, -0.1) is 0 Å². The van der Waals surface area contributed by atoms with Gasteiger partial charge in [-0.3, -0.25) is 10.1 Å². The summed E-state index contributed by atoms with van der Waals surface area (Å²) in [6.45, 7) is 3.89. The van der Waals surface area contributed by atoms with E-state index in [0.29, 0.717) is 22.9 Å². The van der Waals surface area contributed by atoms with E-state index in [9.17, 15) is 9.59 Å². The number of amides is 3. The molecule has 0 aliphatic rings. The smallest absolute Gasteiger partial charge is 0.321 e. The minimum Gasteiger partial charge on any atom is -0.397 e. The Morgan fingerprint density at radius 3 is 2.70 bits per heavy atom. The van der Waals surface area contributed by atoms with Gasteiger partial charge in [0.2, 0.25) is 5.91 Å². The van der Waals surface area contributed by atoms with Crippen molar-refractivity contribution in [3.05, 3.63) is 23.2 Å². The maximum atomic E-state index is 12.0. The molecule has 1 unspecified atom stereocenters. The fourth-order valence-corrected chi connectivity index (χ4v) is 1.79. The molecule has 1 aromatic rings. The second-order valence-electron chi connectivity index (χ2n) is 4.34. The zero-order valence-corrected chi connectivity index (χ0v) is 12.5. The highest BCUT2D eigenvalue weighted by molar-refractivity contribution is 6.31. The monoisotopic (exact) mass is 298 g/mol. The Hall–Kier alpha value is -1.95. The molecule has 6 nitrogen and oxygen atoms in total. The van der Waals surface area contributed by atoms with Crippen molar-refractivity contribution in [3.8, 4) is 0 Å². The summed E-state index contributed by atoms with van der Waals surface area (Å²) >= 11 is 5.92. The number of nitrogens with zero attached hydrogens (tertiary/aromatic N) is 1. The first-order valence-electron chi connectivity index (χ1n) is 6.23. The van der Waals surface area contributed by atoms with Crippen LogP contribution in [0.25, 0.3) is 0 Å². The molecular formula is C13H19ClN4O2. The third-order valence-electron chi connectivity index (χ3n) is 2.91. The Labute approximate surface area is 123 Å². The van der Waals surface area contributed by atoms with Gasteiger partial charge >= 0.3 is 6.03 Å². The van der Waals surface area contributed by atoms with Crippen LogP contribution in [0.1, 0.15) is 13.8 Å². The Bertz CT molecular complexity index is 507. The summed E-state index contributed by atoms with van der Waals surface area (Å²) in [7, 11) is 1.71. The average Bonchev–Trinajstić information content (AvgIpc) is 2.40. The lowest BCUT2D eigenvalue weighted by molar-refractivity contribution is -0.120. The highest BCUT2D eigenvalue weighted by Crippen LogP contribution is 2.27. The molecule has 0 aliphatic carbocycles. The lowest BCUT2D eigenvalue weighted by Gasteiger charge is -2.27. The first-order chi connectivity index (χ1) is 9.36. The summed E-state index contributed by atoms with van der Waals surface area (Å²) in [5.41, 5.74) is 7.01. The number of anilines is 2. The van der Waals surface area contributed by atoms with Crippen molar-refractivity contribution < 1.29 is 9.59 Å². The molecule has 4 N–H and O–H groups in total. The maximum Gasteiger partial charge on any atom is 0.321 e. The Balaban J connectivity index is 2.80. The van der Waals surface area contributed by atoms with Gasteiger partial charge in [-0.25, -0.2) is 4.79 Å². The molecule has 0 fully saturated rings. The van der Waals surface area contributed by atoms with E-state index in [0.717, 1.165) is 0 Å². The molecule has 1 atom stereocenters. The van der Waals surface area contributed by atoms with Gasteiger partial charge < -0.3 is 16.0 Å². The number of urea groups is 1. The van der Waals surface area contributed by atoms with Gasteiger partial charge in [0.05, 0.1) is 11.4 Å². The largest absolute Gasteiger partial charge is 0.397 e. The standard InChI is InChI=1S/C13H19ClN4O2/c1-4-16-13(20)17-12(19)8(2)18(3)11-7-9(14)5-6-10(11)15/h5-8H,4,15H2,1-3H3,(H2,16,17,19,20). The molecule has 0 bridgehead atoms. The molecule has 0 saturated carbocycles. The third kappa shape index (κ3) is 4.03. The van der Waals surface area contributed by atoms with Crippen molar-refractivity contribution >= 4 is 34.9 Å². The molecule has 0 saturated heterocycles. The van der Waals surface area contributed by atoms with E-state index in [2.05, 4.69) is 10.6 Å². The summed E-state index contributed by atoms with van der Waals surface area (Å²) in [5, 5.41) is 5.28. The highest BCUT2D eigenvalue weighted by Gasteiger charge is 2.21. The minimum atomic E-state index is -0.571. The van der Waals surface area contributed by atoms with E-state index in [1.165, 1.54) is 0 Å². The zero-order chi connectivity index (χ0) is 15.3. The molecule has 1 aromatic carbocycles. The van der Waals surface area contributed by atoms with Crippen molar-refractivity contribution in [3.63, 3.8) is 0 Å². The van der Waals surface area contributed by atoms with Gasteiger partial charge in [-0.1, -0.05) is 11.6 Å². The van der Waals surface area contributed by atoms with Crippen LogP contribution >= 0.6 is 11.6 Å². The predicted molar refractivity (Wildman–Crippen MR) is 80.9 cm³/mol. The molecule has 20 heavy (non-hydrogen) atoms. The van der Waals surface area contributed by atoms with E-state index >= 15 is 0 Å². The van der Waals surface area contributed by atoms with Crippen molar-refractivity contribution in [2.24, 2.45) is 0 Å². The van der Waals surface area contributed by atoms with Crippen molar-refractivity contribution in [2.75, 3.05) is 24.2 Å². The third-order valence-corrected chi connectivity index (χ3v) is 3.14. The van der Waals surface area contributed by atoms with Gasteiger partial charge in [-0.05, 0) is 32.0 Å². The predicted octanol–water partition coefficient (Wildman–Crippen LogP) is 1.59. The highest BCUT2D eigenvalue weighted by atomic mass is 35.5. The van der Waals surface area contributed by atoms with E-state index in [-0.39, 0.29) is 0 Å². The molecule has 3 amide bonds. The van der Waals surface area contributed by atoms with Crippen LogP contribution in [0.5, 0.6) is 0 Å². The van der Waals surface area contributed by atoms with Gasteiger partial charge in [0.15, 0.2) is 0 Å². The van der Waals surface area contributed by atoms with Crippen LogP contribution in [-0.2, 0) is 4.79 Å². The van der Waals surface area contributed by atoms with Gasteiger partial charge in [0.1, 0.15) is 6.04 Å². The van der Waals surface area contributed by atoms with E-state index in [1.54, 1.807) is 44.0 Å². The van der Waals surface area contributed by atoms with Crippen LogP contribution in [0.4, 0.5) is 16.2 Å². The van der Waals surface area contributed by atoms with Crippen LogP contribution in [0.15, 0.2) is 18.2 Å². The molecule has 0 heterocycles. The molecule has 0 aliphatic heterocycles. The zero-order valence-electron chi connectivity index (χ0n) is 11.7. The topological polar surface area (TPSA) is 87.5 Å².